The Labute approximate surface area is 104 Å². The van der Waals surface area contributed by atoms with Crippen LogP contribution in [0.3, 0.4) is 0 Å². The van der Waals surface area contributed by atoms with Crippen LogP contribution in [0.25, 0.3) is 0 Å². The second-order valence-electron chi connectivity index (χ2n) is 3.38. The van der Waals surface area contributed by atoms with Gasteiger partial charge in [0.05, 0.1) is 9.82 Å². The van der Waals surface area contributed by atoms with E-state index in [1.54, 1.807) is 0 Å². The Morgan fingerprint density at radius 2 is 1.88 bits per heavy atom. The van der Waals surface area contributed by atoms with Gasteiger partial charge in [-0.2, -0.15) is 0 Å². The maximum absolute atomic E-state index is 11.8. The normalized spacial score (nSPS) is 11.4. The molecule has 0 aliphatic rings. The van der Waals surface area contributed by atoms with Crippen molar-refractivity contribution >= 4 is 25.4 Å². The average Bonchev–Trinajstić information content (AvgIpc) is 2.29. The Hall–Kier alpha value is -1.08. The Bertz CT molecular complexity index is 482. The fourth-order valence-corrected chi connectivity index (χ4v) is 4.10. The number of non-ortho nitro benzene ring substituents is 1. The highest BCUT2D eigenvalue weighted by Crippen LogP contribution is 2.25. The van der Waals surface area contributed by atoms with Gasteiger partial charge in [0.15, 0.2) is 0 Å². The number of hydrogen-bond acceptors (Lipinski definition) is 5. The zero-order valence-corrected chi connectivity index (χ0v) is 11.0. The summed E-state index contributed by atoms with van der Waals surface area (Å²) >= 11 is 0. The van der Waals surface area contributed by atoms with E-state index in [1.165, 1.54) is 24.3 Å². The van der Waals surface area contributed by atoms with Gasteiger partial charge in [0.1, 0.15) is 0 Å². The van der Waals surface area contributed by atoms with Crippen LogP contribution < -0.4 is 0 Å². The molecule has 0 saturated carbocycles. The van der Waals surface area contributed by atoms with Crippen LogP contribution in [0.2, 0.25) is 0 Å². The van der Waals surface area contributed by atoms with E-state index in [0.29, 0.717) is 5.75 Å². The van der Waals surface area contributed by atoms with Crippen LogP contribution >= 0.6 is 10.8 Å². The average molecular weight is 275 g/mol. The summed E-state index contributed by atoms with van der Waals surface area (Å²) in [6.07, 6.45) is 1.76. The highest BCUT2D eigenvalue weighted by atomic mass is 33.1. The predicted molar refractivity (Wildman–Crippen MR) is 67.6 cm³/mol. The number of unbranched alkanes of at least 4 members (excludes halogenated alkanes) is 1. The van der Waals surface area contributed by atoms with Gasteiger partial charge >= 0.3 is 0 Å². The van der Waals surface area contributed by atoms with Crippen LogP contribution in [0.5, 0.6) is 0 Å². The highest BCUT2D eigenvalue weighted by molar-refractivity contribution is 8.72. The van der Waals surface area contributed by atoms with Crippen molar-refractivity contribution in [3.05, 3.63) is 34.4 Å². The molecule has 1 aromatic rings. The van der Waals surface area contributed by atoms with Gasteiger partial charge in [-0.3, -0.25) is 10.1 Å². The summed E-state index contributed by atoms with van der Waals surface area (Å²) in [5, 5.41) is 10.4. The van der Waals surface area contributed by atoms with Gasteiger partial charge in [0, 0.05) is 17.9 Å². The third-order valence-electron chi connectivity index (χ3n) is 2.07. The van der Waals surface area contributed by atoms with Crippen molar-refractivity contribution in [1.29, 1.82) is 0 Å². The minimum Gasteiger partial charge on any atom is -0.258 e. The molecule has 0 atom stereocenters. The van der Waals surface area contributed by atoms with Crippen molar-refractivity contribution < 1.29 is 13.3 Å². The van der Waals surface area contributed by atoms with Gasteiger partial charge < -0.3 is 0 Å². The first-order chi connectivity index (χ1) is 7.97. The van der Waals surface area contributed by atoms with Crippen molar-refractivity contribution in [2.75, 3.05) is 5.75 Å². The Balaban J connectivity index is 2.81. The molecule has 0 fully saturated rings. The van der Waals surface area contributed by atoms with E-state index in [4.69, 9.17) is 0 Å². The summed E-state index contributed by atoms with van der Waals surface area (Å²) < 4.78 is 23.6. The van der Waals surface area contributed by atoms with E-state index in [0.717, 1.165) is 23.6 Å². The number of rotatable bonds is 6. The maximum Gasteiger partial charge on any atom is 0.269 e. The second kappa shape index (κ2) is 6.02. The number of nitro groups is 1. The summed E-state index contributed by atoms with van der Waals surface area (Å²) in [7, 11) is -2.51. The molecule has 0 bridgehead atoms. The molecule has 0 spiro atoms. The van der Waals surface area contributed by atoms with Gasteiger partial charge in [-0.05, 0) is 29.3 Å². The molecule has 17 heavy (non-hydrogen) atoms. The molecule has 1 rings (SSSR count). The summed E-state index contributed by atoms with van der Waals surface area (Å²) in [5.74, 6) is 0.538. The van der Waals surface area contributed by atoms with E-state index in [2.05, 4.69) is 0 Å². The van der Waals surface area contributed by atoms with E-state index in [1.807, 2.05) is 6.92 Å². The molecule has 0 amide bonds. The van der Waals surface area contributed by atoms with Crippen LogP contribution in [0.15, 0.2) is 29.2 Å². The highest BCUT2D eigenvalue weighted by Gasteiger charge is 2.16. The van der Waals surface area contributed by atoms with E-state index < -0.39 is 13.8 Å². The van der Waals surface area contributed by atoms with Gasteiger partial charge in [0.2, 0.25) is 8.87 Å². The zero-order chi connectivity index (χ0) is 12.9. The lowest BCUT2D eigenvalue weighted by Gasteiger charge is -2.02. The standard InChI is InChI=1S/C10H13NO4S2/c1-2-3-8-16-17(14,15)10-6-4-9(5-7-10)11(12)13/h4-7H,2-3,8H2,1H3. The molecule has 0 N–H and O–H groups in total. The molecule has 0 saturated heterocycles. The minimum atomic E-state index is -3.38. The lowest BCUT2D eigenvalue weighted by atomic mass is 10.3. The molecule has 0 heterocycles. The van der Waals surface area contributed by atoms with Crippen LogP contribution in [0.1, 0.15) is 19.8 Å². The van der Waals surface area contributed by atoms with Gasteiger partial charge in [0.25, 0.3) is 5.69 Å². The topological polar surface area (TPSA) is 77.3 Å². The van der Waals surface area contributed by atoms with E-state index >= 15 is 0 Å². The smallest absolute Gasteiger partial charge is 0.258 e. The van der Waals surface area contributed by atoms with Gasteiger partial charge in [-0.1, -0.05) is 13.3 Å². The lowest BCUT2D eigenvalue weighted by Crippen LogP contribution is -1.97. The fraction of sp³-hybridized carbons (Fsp3) is 0.400. The molecule has 0 aliphatic carbocycles. The quantitative estimate of drug-likeness (QED) is 0.345. The third-order valence-corrected chi connectivity index (χ3v) is 5.70. The fourth-order valence-electron chi connectivity index (χ4n) is 1.12. The molecule has 0 radical (unpaired) electrons. The first-order valence-electron chi connectivity index (χ1n) is 5.11. The first kappa shape index (κ1) is 14.0. The Morgan fingerprint density at radius 1 is 1.29 bits per heavy atom. The van der Waals surface area contributed by atoms with Crippen LogP contribution in [-0.4, -0.2) is 19.1 Å². The summed E-state index contributed by atoms with van der Waals surface area (Å²) in [4.78, 5) is 9.98. The first-order valence-corrected chi connectivity index (χ1v) is 8.10. The van der Waals surface area contributed by atoms with Gasteiger partial charge in [-0.15, -0.1) is 0 Å². The summed E-state index contributed by atoms with van der Waals surface area (Å²) in [6.45, 7) is 1.99. The maximum atomic E-state index is 11.8. The number of nitro benzene ring substituents is 1. The molecule has 0 aliphatic heterocycles. The SMILES string of the molecule is CCCCSS(=O)(=O)c1ccc([N+](=O)[O-])cc1. The zero-order valence-electron chi connectivity index (χ0n) is 9.33. The van der Waals surface area contributed by atoms with Crippen molar-refractivity contribution in [3.8, 4) is 0 Å². The molecule has 0 unspecified atom stereocenters. The van der Waals surface area contributed by atoms with Crippen LogP contribution in [-0.2, 0) is 8.87 Å². The molecular weight excluding hydrogens is 262 g/mol. The van der Waals surface area contributed by atoms with Crippen molar-refractivity contribution in [1.82, 2.24) is 0 Å². The number of benzene rings is 1. The molecule has 5 nitrogen and oxygen atoms in total. The molecule has 94 valence electrons. The van der Waals surface area contributed by atoms with Crippen LogP contribution in [0, 0.1) is 10.1 Å². The van der Waals surface area contributed by atoms with Crippen molar-refractivity contribution in [2.24, 2.45) is 0 Å². The molecule has 0 aromatic heterocycles. The lowest BCUT2D eigenvalue weighted by molar-refractivity contribution is -0.384. The summed E-state index contributed by atoms with van der Waals surface area (Å²) in [5.41, 5.74) is -0.109. The van der Waals surface area contributed by atoms with Crippen molar-refractivity contribution in [3.63, 3.8) is 0 Å². The molecular formula is C10H13NO4S2. The Morgan fingerprint density at radius 3 is 2.35 bits per heavy atom. The molecule has 7 heteroatoms. The number of nitrogens with zero attached hydrogens (tertiary/aromatic N) is 1. The van der Waals surface area contributed by atoms with E-state index in [-0.39, 0.29) is 10.6 Å². The van der Waals surface area contributed by atoms with Crippen molar-refractivity contribution in [2.45, 2.75) is 24.7 Å². The molecule has 1 aromatic carbocycles. The predicted octanol–water partition coefficient (Wildman–Crippen LogP) is 2.82. The number of hydrogen-bond donors (Lipinski definition) is 0. The third kappa shape index (κ3) is 4.01. The van der Waals surface area contributed by atoms with Gasteiger partial charge in [-0.25, -0.2) is 8.42 Å². The van der Waals surface area contributed by atoms with Crippen LogP contribution in [0.4, 0.5) is 5.69 Å². The second-order valence-corrected chi connectivity index (χ2v) is 7.43. The monoisotopic (exact) mass is 275 g/mol. The Kier molecular flexibility index (Phi) is 4.95. The summed E-state index contributed by atoms with van der Waals surface area (Å²) in [6, 6.07) is 4.94. The largest absolute Gasteiger partial charge is 0.269 e. The van der Waals surface area contributed by atoms with E-state index in [9.17, 15) is 18.5 Å². The minimum absolute atomic E-state index is 0.109.